The normalized spacial score (nSPS) is 17.3. The standard InChI is InChI=1S/C18H17BrFNO2/c1-23-14-8-9-15(16(20)11-14)18(22)21-10-2-3-17(21)12-4-6-13(19)7-5-12/h4-9,11,17H,2-3,10H2,1H3. The predicted octanol–water partition coefficient (Wildman–Crippen LogP) is 4.57. The van der Waals surface area contributed by atoms with Gasteiger partial charge in [0.2, 0.25) is 0 Å². The van der Waals surface area contributed by atoms with E-state index in [2.05, 4.69) is 15.9 Å². The van der Waals surface area contributed by atoms with Crippen molar-refractivity contribution in [2.45, 2.75) is 18.9 Å². The van der Waals surface area contributed by atoms with Crippen LogP contribution >= 0.6 is 15.9 Å². The SMILES string of the molecule is COc1ccc(C(=O)N2CCCC2c2ccc(Br)cc2)c(F)c1. The van der Waals surface area contributed by atoms with E-state index in [0.29, 0.717) is 12.3 Å². The molecule has 1 atom stereocenters. The molecule has 1 fully saturated rings. The highest BCUT2D eigenvalue weighted by Crippen LogP contribution is 2.34. The van der Waals surface area contributed by atoms with Gasteiger partial charge < -0.3 is 9.64 Å². The van der Waals surface area contributed by atoms with Crippen LogP contribution in [0.25, 0.3) is 0 Å². The maximum Gasteiger partial charge on any atom is 0.257 e. The van der Waals surface area contributed by atoms with Gasteiger partial charge in [0, 0.05) is 17.1 Å². The van der Waals surface area contributed by atoms with E-state index >= 15 is 0 Å². The number of hydrogen-bond donors (Lipinski definition) is 0. The minimum Gasteiger partial charge on any atom is -0.497 e. The molecule has 23 heavy (non-hydrogen) atoms. The van der Waals surface area contributed by atoms with Crippen LogP contribution in [0, 0.1) is 5.82 Å². The zero-order chi connectivity index (χ0) is 16.4. The summed E-state index contributed by atoms with van der Waals surface area (Å²) in [4.78, 5) is 14.5. The number of halogens is 2. The van der Waals surface area contributed by atoms with Gasteiger partial charge >= 0.3 is 0 Å². The van der Waals surface area contributed by atoms with Crippen molar-refractivity contribution in [2.75, 3.05) is 13.7 Å². The highest BCUT2D eigenvalue weighted by atomic mass is 79.9. The first-order valence-electron chi connectivity index (χ1n) is 7.50. The molecular weight excluding hydrogens is 361 g/mol. The van der Waals surface area contributed by atoms with Gasteiger partial charge in [0.25, 0.3) is 5.91 Å². The number of carbonyl (C=O) groups is 1. The van der Waals surface area contributed by atoms with Crippen LogP contribution in [0.2, 0.25) is 0 Å². The number of amides is 1. The number of rotatable bonds is 3. The average Bonchev–Trinajstić information content (AvgIpc) is 3.04. The van der Waals surface area contributed by atoms with Crippen LogP contribution in [0.1, 0.15) is 34.8 Å². The third-order valence-electron chi connectivity index (χ3n) is 4.18. The van der Waals surface area contributed by atoms with Gasteiger partial charge in [-0.05, 0) is 42.7 Å². The van der Waals surface area contributed by atoms with Crippen LogP contribution in [-0.2, 0) is 0 Å². The summed E-state index contributed by atoms with van der Waals surface area (Å²) in [5.74, 6) is -0.406. The molecule has 0 saturated carbocycles. The molecule has 1 aliphatic heterocycles. The maximum absolute atomic E-state index is 14.2. The Morgan fingerprint density at radius 2 is 2.00 bits per heavy atom. The largest absolute Gasteiger partial charge is 0.497 e. The Labute approximate surface area is 143 Å². The number of benzene rings is 2. The summed E-state index contributed by atoms with van der Waals surface area (Å²) in [6.07, 6.45) is 1.81. The lowest BCUT2D eigenvalue weighted by molar-refractivity contribution is 0.0731. The van der Waals surface area contributed by atoms with E-state index in [-0.39, 0.29) is 17.5 Å². The molecule has 3 nitrogen and oxygen atoms in total. The topological polar surface area (TPSA) is 29.5 Å². The number of hydrogen-bond acceptors (Lipinski definition) is 2. The predicted molar refractivity (Wildman–Crippen MR) is 90.1 cm³/mol. The van der Waals surface area contributed by atoms with Crippen molar-refractivity contribution in [3.8, 4) is 5.75 Å². The Bertz CT molecular complexity index is 717. The van der Waals surface area contributed by atoms with Crippen molar-refractivity contribution in [1.29, 1.82) is 0 Å². The van der Waals surface area contributed by atoms with Gasteiger partial charge in [-0.1, -0.05) is 28.1 Å². The second-order valence-corrected chi connectivity index (χ2v) is 6.47. The van der Waals surface area contributed by atoms with Gasteiger partial charge in [-0.25, -0.2) is 4.39 Å². The molecule has 0 spiro atoms. The van der Waals surface area contributed by atoms with E-state index in [0.717, 1.165) is 22.9 Å². The van der Waals surface area contributed by atoms with Crippen molar-refractivity contribution < 1.29 is 13.9 Å². The Kier molecular flexibility index (Phi) is 4.66. The maximum atomic E-state index is 14.2. The molecule has 1 heterocycles. The van der Waals surface area contributed by atoms with Crippen molar-refractivity contribution in [2.24, 2.45) is 0 Å². The van der Waals surface area contributed by atoms with Crippen molar-refractivity contribution >= 4 is 21.8 Å². The fourth-order valence-corrected chi connectivity index (χ4v) is 3.26. The first kappa shape index (κ1) is 16.0. The van der Waals surface area contributed by atoms with Crippen LogP contribution < -0.4 is 4.74 Å². The summed E-state index contributed by atoms with van der Waals surface area (Å²) >= 11 is 3.42. The Balaban J connectivity index is 1.87. The molecule has 0 radical (unpaired) electrons. The molecule has 120 valence electrons. The second kappa shape index (κ2) is 6.71. The van der Waals surface area contributed by atoms with Gasteiger partial charge in [0.15, 0.2) is 0 Å². The summed E-state index contributed by atoms with van der Waals surface area (Å²) in [7, 11) is 1.47. The van der Waals surface area contributed by atoms with Crippen molar-refractivity contribution in [1.82, 2.24) is 4.90 Å². The summed E-state index contributed by atoms with van der Waals surface area (Å²) in [5, 5.41) is 0. The number of nitrogens with zero attached hydrogens (tertiary/aromatic N) is 1. The summed E-state index contributed by atoms with van der Waals surface area (Å²) in [6.45, 7) is 0.644. The van der Waals surface area contributed by atoms with E-state index in [4.69, 9.17) is 4.74 Å². The smallest absolute Gasteiger partial charge is 0.257 e. The van der Waals surface area contributed by atoms with Gasteiger partial charge in [0.05, 0.1) is 18.7 Å². The molecule has 2 aromatic rings. The molecule has 0 bridgehead atoms. The van der Waals surface area contributed by atoms with Crippen LogP contribution in [0.5, 0.6) is 5.75 Å². The minimum atomic E-state index is -0.546. The van der Waals surface area contributed by atoms with E-state index in [1.165, 1.54) is 19.2 Å². The van der Waals surface area contributed by atoms with E-state index in [9.17, 15) is 9.18 Å². The molecule has 3 rings (SSSR count). The van der Waals surface area contributed by atoms with Gasteiger partial charge in [-0.15, -0.1) is 0 Å². The lowest BCUT2D eigenvalue weighted by Crippen LogP contribution is -2.31. The van der Waals surface area contributed by atoms with E-state index < -0.39 is 5.82 Å². The fraction of sp³-hybridized carbons (Fsp3) is 0.278. The van der Waals surface area contributed by atoms with Gasteiger partial charge in [0.1, 0.15) is 11.6 Å². The Morgan fingerprint density at radius 3 is 2.65 bits per heavy atom. The monoisotopic (exact) mass is 377 g/mol. The highest BCUT2D eigenvalue weighted by Gasteiger charge is 2.31. The molecule has 1 aliphatic rings. The first-order chi connectivity index (χ1) is 11.1. The minimum absolute atomic E-state index is 0.00268. The molecule has 0 aliphatic carbocycles. The Morgan fingerprint density at radius 1 is 1.26 bits per heavy atom. The van der Waals surface area contributed by atoms with E-state index in [1.807, 2.05) is 24.3 Å². The quantitative estimate of drug-likeness (QED) is 0.783. The first-order valence-corrected chi connectivity index (χ1v) is 8.29. The molecule has 0 aromatic heterocycles. The van der Waals surface area contributed by atoms with E-state index in [1.54, 1.807) is 11.0 Å². The zero-order valence-corrected chi connectivity index (χ0v) is 14.3. The fourth-order valence-electron chi connectivity index (χ4n) is 2.99. The molecule has 0 N–H and O–H groups in total. The van der Waals surface area contributed by atoms with Crippen LogP contribution in [0.15, 0.2) is 46.9 Å². The van der Waals surface area contributed by atoms with Gasteiger partial charge in [-0.3, -0.25) is 4.79 Å². The van der Waals surface area contributed by atoms with Crippen LogP contribution in [0.4, 0.5) is 4.39 Å². The summed E-state index contributed by atoms with van der Waals surface area (Å²) < 4.78 is 20.2. The molecular formula is C18H17BrFNO2. The third kappa shape index (κ3) is 3.24. The molecule has 5 heteroatoms. The van der Waals surface area contributed by atoms with Crippen LogP contribution in [0.3, 0.4) is 0 Å². The number of ether oxygens (including phenoxy) is 1. The molecule has 2 aromatic carbocycles. The zero-order valence-electron chi connectivity index (χ0n) is 12.8. The molecule has 1 amide bonds. The lowest BCUT2D eigenvalue weighted by atomic mass is 10.0. The lowest BCUT2D eigenvalue weighted by Gasteiger charge is -2.25. The summed E-state index contributed by atoms with van der Waals surface area (Å²) in [6, 6.07) is 12.3. The number of carbonyl (C=O) groups excluding carboxylic acids is 1. The van der Waals surface area contributed by atoms with Crippen LogP contribution in [-0.4, -0.2) is 24.5 Å². The molecule has 1 saturated heterocycles. The average molecular weight is 378 g/mol. The molecule has 1 unspecified atom stereocenters. The second-order valence-electron chi connectivity index (χ2n) is 5.55. The summed E-state index contributed by atoms with van der Waals surface area (Å²) in [5.41, 5.74) is 1.17. The third-order valence-corrected chi connectivity index (χ3v) is 4.70. The Hall–Kier alpha value is -1.88. The number of methoxy groups -OCH3 is 1. The van der Waals surface area contributed by atoms with Crippen molar-refractivity contribution in [3.05, 3.63) is 63.9 Å². The van der Waals surface area contributed by atoms with Gasteiger partial charge in [-0.2, -0.15) is 0 Å². The van der Waals surface area contributed by atoms with Crippen molar-refractivity contribution in [3.63, 3.8) is 0 Å². The highest BCUT2D eigenvalue weighted by molar-refractivity contribution is 9.10. The number of likely N-dealkylation sites (tertiary alicyclic amines) is 1.